The number of hydrogen-bond acceptors (Lipinski definition) is 5. The fraction of sp³-hybridized carbons (Fsp3) is 0.0741. The number of carbonyl (C=O) groups excluding carboxylic acids is 1. The van der Waals surface area contributed by atoms with E-state index in [1.54, 1.807) is 37.3 Å². The summed E-state index contributed by atoms with van der Waals surface area (Å²) in [4.78, 5) is 13.0. The van der Waals surface area contributed by atoms with Gasteiger partial charge in [0, 0.05) is 21.7 Å². The number of sulfonamides is 1. The molecule has 0 amide bonds. The van der Waals surface area contributed by atoms with Gasteiger partial charge in [-0.3, -0.25) is 4.72 Å². The maximum absolute atomic E-state index is 13.3. The Bertz CT molecular complexity index is 1660. The molecular weight excluding hydrogens is 469 g/mol. The summed E-state index contributed by atoms with van der Waals surface area (Å²) in [7, 11) is -4.04. The average molecular weight is 490 g/mol. The Kier molecular flexibility index (Phi) is 5.74. The maximum Gasteiger partial charge on any atom is 0.342 e. The van der Waals surface area contributed by atoms with Crippen LogP contribution in [0, 0.1) is 5.82 Å². The van der Waals surface area contributed by atoms with Crippen molar-refractivity contribution in [1.82, 2.24) is 0 Å². The highest BCUT2D eigenvalue weighted by Crippen LogP contribution is 2.41. The molecule has 35 heavy (non-hydrogen) atoms. The van der Waals surface area contributed by atoms with Gasteiger partial charge in [0.1, 0.15) is 22.7 Å². The van der Waals surface area contributed by atoms with Crippen LogP contribution < -0.4 is 4.72 Å². The zero-order valence-electron chi connectivity index (χ0n) is 18.6. The summed E-state index contributed by atoms with van der Waals surface area (Å²) in [5.74, 6) is -0.780. The van der Waals surface area contributed by atoms with E-state index in [2.05, 4.69) is 4.72 Å². The van der Waals surface area contributed by atoms with Crippen LogP contribution in [0.5, 0.6) is 0 Å². The van der Waals surface area contributed by atoms with E-state index in [0.717, 1.165) is 12.1 Å². The van der Waals surface area contributed by atoms with Gasteiger partial charge in [-0.05, 0) is 37.3 Å². The second kappa shape index (κ2) is 8.88. The van der Waals surface area contributed by atoms with Crippen LogP contribution >= 0.6 is 0 Å². The predicted molar refractivity (Wildman–Crippen MR) is 132 cm³/mol. The molecule has 8 heteroatoms. The van der Waals surface area contributed by atoms with Gasteiger partial charge in [-0.1, -0.05) is 54.6 Å². The molecule has 0 saturated heterocycles. The summed E-state index contributed by atoms with van der Waals surface area (Å²) in [5.41, 5.74) is 1.58. The lowest BCUT2D eigenvalue weighted by Gasteiger charge is -2.12. The largest absolute Gasteiger partial charge is 0.462 e. The first-order chi connectivity index (χ1) is 16.9. The second-order valence-corrected chi connectivity index (χ2v) is 9.48. The van der Waals surface area contributed by atoms with E-state index in [4.69, 9.17) is 9.15 Å². The molecule has 0 bridgehead atoms. The Morgan fingerprint density at radius 2 is 1.57 bits per heavy atom. The predicted octanol–water partition coefficient (Wildman–Crippen LogP) is 6.37. The molecule has 0 saturated carbocycles. The quantitative estimate of drug-likeness (QED) is 0.280. The van der Waals surface area contributed by atoms with E-state index < -0.39 is 21.8 Å². The standard InChI is InChI=1S/C27H20FNO5S/c1-2-33-27(30)24-22-16-23(29-35(31,32)19-14-12-18(28)13-15-19)20-10-6-7-11-21(20)26(22)34-25(24)17-8-4-3-5-9-17/h3-16,29H,2H2,1H3. The number of halogens is 1. The van der Waals surface area contributed by atoms with Crippen molar-refractivity contribution in [3.05, 3.63) is 96.3 Å². The molecule has 0 aliphatic heterocycles. The molecule has 0 aliphatic carbocycles. The molecule has 0 atom stereocenters. The molecule has 5 aromatic rings. The highest BCUT2D eigenvalue weighted by atomic mass is 32.2. The molecule has 0 spiro atoms. The molecule has 6 nitrogen and oxygen atoms in total. The maximum atomic E-state index is 13.3. The van der Waals surface area contributed by atoms with Gasteiger partial charge in [-0.2, -0.15) is 0 Å². The minimum absolute atomic E-state index is 0.0918. The number of rotatable bonds is 6. The number of hydrogen-bond donors (Lipinski definition) is 1. The lowest BCUT2D eigenvalue weighted by molar-refractivity contribution is 0.0528. The topological polar surface area (TPSA) is 85.6 Å². The molecule has 0 radical (unpaired) electrons. The van der Waals surface area contributed by atoms with E-state index in [1.807, 2.05) is 30.3 Å². The first-order valence-corrected chi connectivity index (χ1v) is 12.4. The number of furan rings is 1. The Morgan fingerprint density at radius 1 is 0.914 bits per heavy atom. The van der Waals surface area contributed by atoms with Crippen LogP contribution in [0.15, 0.2) is 94.2 Å². The summed E-state index contributed by atoms with van der Waals surface area (Å²) in [5, 5.41) is 1.61. The number of carbonyl (C=O) groups is 1. The number of fused-ring (bicyclic) bond motifs is 3. The number of nitrogens with one attached hydrogen (secondary N) is 1. The SMILES string of the molecule is CCOC(=O)c1c(-c2ccccc2)oc2c1cc(NS(=O)(=O)c1ccc(F)cc1)c1ccccc12. The Balaban J connectivity index is 1.77. The zero-order valence-corrected chi connectivity index (χ0v) is 19.4. The minimum Gasteiger partial charge on any atom is -0.462 e. The van der Waals surface area contributed by atoms with Gasteiger partial charge in [0.05, 0.1) is 17.2 Å². The highest BCUT2D eigenvalue weighted by molar-refractivity contribution is 7.92. The van der Waals surface area contributed by atoms with Crippen molar-refractivity contribution in [1.29, 1.82) is 0 Å². The average Bonchev–Trinajstić information content (AvgIpc) is 3.25. The molecule has 0 fully saturated rings. The van der Waals surface area contributed by atoms with E-state index in [1.165, 1.54) is 12.1 Å². The zero-order chi connectivity index (χ0) is 24.6. The second-order valence-electron chi connectivity index (χ2n) is 7.80. The number of ether oxygens (including phenoxy) is 1. The van der Waals surface area contributed by atoms with Crippen LogP contribution in [0.1, 0.15) is 17.3 Å². The third kappa shape index (κ3) is 4.13. The lowest BCUT2D eigenvalue weighted by atomic mass is 10.0. The molecule has 1 N–H and O–H groups in total. The summed E-state index contributed by atoms with van der Waals surface area (Å²) < 4.78 is 53.7. The van der Waals surface area contributed by atoms with E-state index in [9.17, 15) is 17.6 Å². The van der Waals surface area contributed by atoms with Crippen LogP contribution in [0.4, 0.5) is 10.1 Å². The Morgan fingerprint density at radius 3 is 2.26 bits per heavy atom. The van der Waals surface area contributed by atoms with Gasteiger partial charge in [-0.15, -0.1) is 0 Å². The van der Waals surface area contributed by atoms with Crippen LogP contribution in [0.3, 0.4) is 0 Å². The third-order valence-corrected chi connectivity index (χ3v) is 6.96. The Labute approximate surface area is 201 Å². The monoisotopic (exact) mass is 489 g/mol. The Hall–Kier alpha value is -4.17. The summed E-state index contributed by atoms with van der Waals surface area (Å²) in [6, 6.07) is 22.4. The third-order valence-electron chi connectivity index (χ3n) is 5.58. The van der Waals surface area contributed by atoms with Gasteiger partial charge < -0.3 is 9.15 Å². The van der Waals surface area contributed by atoms with E-state index in [0.29, 0.717) is 33.1 Å². The molecular formula is C27H20FNO5S. The summed E-state index contributed by atoms with van der Waals surface area (Å²) in [6.07, 6.45) is 0. The molecule has 1 heterocycles. The molecule has 176 valence electrons. The van der Waals surface area contributed by atoms with Crippen molar-refractivity contribution in [3.63, 3.8) is 0 Å². The van der Waals surface area contributed by atoms with E-state index >= 15 is 0 Å². The number of esters is 1. The fourth-order valence-electron chi connectivity index (χ4n) is 4.02. The smallest absolute Gasteiger partial charge is 0.342 e. The normalized spacial score (nSPS) is 11.6. The molecule has 0 aliphatic rings. The molecule has 5 rings (SSSR count). The van der Waals surface area contributed by atoms with Crippen LogP contribution in [-0.4, -0.2) is 21.0 Å². The molecule has 4 aromatic carbocycles. The summed E-state index contributed by atoms with van der Waals surface area (Å²) >= 11 is 0. The molecule has 0 unspecified atom stereocenters. The first-order valence-electron chi connectivity index (χ1n) is 10.9. The van der Waals surface area contributed by atoms with Crippen molar-refractivity contribution < 1.29 is 26.8 Å². The summed E-state index contributed by atoms with van der Waals surface area (Å²) in [6.45, 7) is 1.87. The highest BCUT2D eigenvalue weighted by Gasteiger charge is 2.26. The van der Waals surface area contributed by atoms with Gasteiger partial charge in [0.15, 0.2) is 0 Å². The van der Waals surface area contributed by atoms with Crippen LogP contribution in [0.25, 0.3) is 33.1 Å². The van der Waals surface area contributed by atoms with Gasteiger partial charge in [-0.25, -0.2) is 17.6 Å². The van der Waals surface area contributed by atoms with Crippen LogP contribution in [0.2, 0.25) is 0 Å². The van der Waals surface area contributed by atoms with Crippen molar-refractivity contribution in [2.75, 3.05) is 11.3 Å². The fourth-order valence-corrected chi connectivity index (χ4v) is 5.09. The van der Waals surface area contributed by atoms with Gasteiger partial charge >= 0.3 is 5.97 Å². The molecule has 1 aromatic heterocycles. The lowest BCUT2D eigenvalue weighted by Crippen LogP contribution is -2.13. The van der Waals surface area contributed by atoms with Crippen molar-refractivity contribution in [2.24, 2.45) is 0 Å². The minimum atomic E-state index is -4.04. The van der Waals surface area contributed by atoms with Gasteiger partial charge in [0.25, 0.3) is 10.0 Å². The number of benzene rings is 4. The van der Waals surface area contributed by atoms with Crippen molar-refractivity contribution in [2.45, 2.75) is 11.8 Å². The van der Waals surface area contributed by atoms with Crippen LogP contribution in [-0.2, 0) is 14.8 Å². The van der Waals surface area contributed by atoms with Gasteiger partial charge in [0.2, 0.25) is 0 Å². The van der Waals surface area contributed by atoms with E-state index in [-0.39, 0.29) is 22.8 Å². The van der Waals surface area contributed by atoms with Crippen molar-refractivity contribution >= 4 is 43.4 Å². The first kappa shape index (κ1) is 22.6. The van der Waals surface area contributed by atoms with Crippen molar-refractivity contribution in [3.8, 4) is 11.3 Å². The number of anilines is 1.